The van der Waals surface area contributed by atoms with Gasteiger partial charge in [-0.15, -0.1) is 11.3 Å². The quantitative estimate of drug-likeness (QED) is 0.748. The van der Waals surface area contributed by atoms with E-state index in [2.05, 4.69) is 4.98 Å². The third kappa shape index (κ3) is 1.34. The summed E-state index contributed by atoms with van der Waals surface area (Å²) >= 11 is 1.42. The van der Waals surface area contributed by atoms with Crippen LogP contribution >= 0.6 is 11.3 Å². The molecule has 2 heterocycles. The van der Waals surface area contributed by atoms with E-state index in [1.165, 1.54) is 21.9 Å². The Kier molecular flexibility index (Phi) is 1.69. The van der Waals surface area contributed by atoms with Gasteiger partial charge in [0.25, 0.3) is 10.0 Å². The van der Waals surface area contributed by atoms with E-state index < -0.39 is 10.0 Å². The molecule has 0 radical (unpaired) electrons. The fourth-order valence-electron chi connectivity index (χ4n) is 1.09. The fourth-order valence-corrected chi connectivity index (χ4v) is 2.56. The van der Waals surface area contributed by atoms with Crippen LogP contribution in [0.3, 0.4) is 0 Å². The molecular formula is C6H7N3O2S2. The SMILES string of the molecule is Cc1cn2c(S(N)(=O)=O)cnc2s1. The van der Waals surface area contributed by atoms with Gasteiger partial charge in [-0.3, -0.25) is 4.40 Å². The summed E-state index contributed by atoms with van der Waals surface area (Å²) in [6.07, 6.45) is 2.97. The number of fused-ring (bicyclic) bond motifs is 1. The lowest BCUT2D eigenvalue weighted by Gasteiger charge is -1.92. The van der Waals surface area contributed by atoms with Gasteiger partial charge >= 0.3 is 0 Å². The van der Waals surface area contributed by atoms with Gasteiger partial charge in [0, 0.05) is 11.1 Å². The highest BCUT2D eigenvalue weighted by Gasteiger charge is 2.15. The minimum atomic E-state index is -3.67. The summed E-state index contributed by atoms with van der Waals surface area (Å²) in [4.78, 5) is 5.56. The zero-order valence-electron chi connectivity index (χ0n) is 6.76. The smallest absolute Gasteiger partial charge is 0.255 e. The van der Waals surface area contributed by atoms with Crippen molar-refractivity contribution in [2.24, 2.45) is 5.14 Å². The van der Waals surface area contributed by atoms with Crippen LogP contribution in [0.5, 0.6) is 0 Å². The average molecular weight is 217 g/mol. The van der Waals surface area contributed by atoms with Crippen LogP contribution in [-0.2, 0) is 10.0 Å². The third-order valence-electron chi connectivity index (χ3n) is 1.58. The molecule has 0 amide bonds. The van der Waals surface area contributed by atoms with E-state index in [4.69, 9.17) is 5.14 Å². The molecule has 0 aliphatic heterocycles. The first-order valence-corrected chi connectivity index (χ1v) is 5.81. The lowest BCUT2D eigenvalue weighted by Crippen LogP contribution is -2.13. The molecule has 0 unspecified atom stereocenters. The van der Waals surface area contributed by atoms with Gasteiger partial charge in [0.1, 0.15) is 0 Å². The molecule has 2 rings (SSSR count). The highest BCUT2D eigenvalue weighted by atomic mass is 32.2. The maximum atomic E-state index is 11.0. The van der Waals surface area contributed by atoms with Crippen molar-refractivity contribution in [3.63, 3.8) is 0 Å². The third-order valence-corrected chi connectivity index (χ3v) is 3.38. The number of thiazole rings is 1. The highest BCUT2D eigenvalue weighted by Crippen LogP contribution is 2.19. The Hall–Kier alpha value is -0.920. The van der Waals surface area contributed by atoms with Crippen LogP contribution in [0, 0.1) is 6.92 Å². The average Bonchev–Trinajstić information content (AvgIpc) is 2.41. The van der Waals surface area contributed by atoms with Crippen LogP contribution < -0.4 is 5.14 Å². The van der Waals surface area contributed by atoms with Crippen LogP contribution in [-0.4, -0.2) is 17.8 Å². The molecule has 5 nitrogen and oxygen atoms in total. The topological polar surface area (TPSA) is 77.5 Å². The summed E-state index contributed by atoms with van der Waals surface area (Å²) < 4.78 is 23.6. The molecule has 0 saturated carbocycles. The molecular weight excluding hydrogens is 210 g/mol. The minimum absolute atomic E-state index is 0.0341. The Bertz CT molecular complexity index is 551. The predicted octanol–water partition coefficient (Wildman–Crippen LogP) is 0.352. The summed E-state index contributed by atoms with van der Waals surface area (Å²) in [6.45, 7) is 1.88. The largest absolute Gasteiger partial charge is 0.280 e. The van der Waals surface area contributed by atoms with E-state index in [-0.39, 0.29) is 5.03 Å². The van der Waals surface area contributed by atoms with Gasteiger partial charge in [0.05, 0.1) is 6.20 Å². The van der Waals surface area contributed by atoms with Crippen molar-refractivity contribution in [1.29, 1.82) is 0 Å². The van der Waals surface area contributed by atoms with Gasteiger partial charge < -0.3 is 0 Å². The first-order chi connectivity index (χ1) is 5.98. The number of imidazole rings is 1. The molecule has 7 heteroatoms. The van der Waals surface area contributed by atoms with Crippen LogP contribution in [0.2, 0.25) is 0 Å². The molecule has 0 aliphatic rings. The van der Waals surface area contributed by atoms with Crippen molar-refractivity contribution >= 4 is 26.3 Å². The summed E-state index contributed by atoms with van der Waals surface area (Å²) in [5.41, 5.74) is 0. The van der Waals surface area contributed by atoms with Gasteiger partial charge in [0.15, 0.2) is 9.99 Å². The van der Waals surface area contributed by atoms with Gasteiger partial charge in [-0.1, -0.05) is 0 Å². The standard InChI is InChI=1S/C6H7N3O2S2/c1-4-3-9-5(13(7,10)11)2-8-6(9)12-4/h2-3H,1H3,(H2,7,10,11). The summed E-state index contributed by atoms with van der Waals surface area (Å²) in [5, 5.41) is 5.03. The Balaban J connectivity index is 2.84. The second-order valence-electron chi connectivity index (χ2n) is 2.64. The number of rotatable bonds is 1. The molecule has 0 aromatic carbocycles. The fraction of sp³-hybridized carbons (Fsp3) is 0.167. The zero-order chi connectivity index (χ0) is 9.64. The maximum Gasteiger partial charge on any atom is 0.255 e. The molecule has 0 saturated heterocycles. The van der Waals surface area contributed by atoms with E-state index in [1.807, 2.05) is 6.92 Å². The van der Waals surface area contributed by atoms with Gasteiger partial charge in [-0.2, -0.15) is 0 Å². The first-order valence-electron chi connectivity index (χ1n) is 3.45. The lowest BCUT2D eigenvalue weighted by atomic mass is 10.6. The van der Waals surface area contributed by atoms with Crippen LogP contribution in [0.1, 0.15) is 4.88 Å². The number of hydrogen-bond donors (Lipinski definition) is 1. The Morgan fingerprint density at radius 2 is 2.31 bits per heavy atom. The van der Waals surface area contributed by atoms with Crippen molar-refractivity contribution in [2.45, 2.75) is 11.9 Å². The molecule has 0 aliphatic carbocycles. The molecule has 0 spiro atoms. The number of aryl methyl sites for hydroxylation is 1. The van der Waals surface area contributed by atoms with Crippen molar-refractivity contribution in [1.82, 2.24) is 9.38 Å². The summed E-state index contributed by atoms with van der Waals surface area (Å²) in [7, 11) is -3.67. The minimum Gasteiger partial charge on any atom is -0.280 e. The number of sulfonamides is 1. The molecule has 2 N–H and O–H groups in total. The molecule has 2 aromatic rings. The molecule has 70 valence electrons. The Morgan fingerprint density at radius 1 is 1.62 bits per heavy atom. The summed E-state index contributed by atoms with van der Waals surface area (Å²) in [5.74, 6) is 0. The predicted molar refractivity (Wildman–Crippen MR) is 49.2 cm³/mol. The number of primary sulfonamides is 1. The monoisotopic (exact) mass is 217 g/mol. The van der Waals surface area contributed by atoms with Crippen LogP contribution in [0.15, 0.2) is 17.4 Å². The number of nitrogens with two attached hydrogens (primary N) is 1. The second kappa shape index (κ2) is 2.53. The molecule has 0 bridgehead atoms. The number of nitrogens with zero attached hydrogens (tertiary/aromatic N) is 2. The van der Waals surface area contributed by atoms with Crippen LogP contribution in [0.25, 0.3) is 4.96 Å². The molecule has 2 aromatic heterocycles. The van der Waals surface area contributed by atoms with E-state index in [9.17, 15) is 8.42 Å². The molecule has 0 atom stereocenters. The summed E-state index contributed by atoms with van der Waals surface area (Å²) in [6, 6.07) is 0. The van der Waals surface area contributed by atoms with Gasteiger partial charge in [-0.05, 0) is 6.92 Å². The lowest BCUT2D eigenvalue weighted by molar-refractivity contribution is 0.593. The number of hydrogen-bond acceptors (Lipinski definition) is 4. The Labute approximate surface area is 78.9 Å². The molecule has 13 heavy (non-hydrogen) atoms. The van der Waals surface area contributed by atoms with Crippen molar-refractivity contribution in [3.8, 4) is 0 Å². The van der Waals surface area contributed by atoms with Crippen molar-refractivity contribution < 1.29 is 8.42 Å². The zero-order valence-corrected chi connectivity index (χ0v) is 8.39. The first kappa shape index (κ1) is 8.67. The normalized spacial score (nSPS) is 12.5. The van der Waals surface area contributed by atoms with E-state index in [0.717, 1.165) is 4.88 Å². The maximum absolute atomic E-state index is 11.0. The van der Waals surface area contributed by atoms with Crippen LogP contribution in [0.4, 0.5) is 0 Å². The van der Waals surface area contributed by atoms with Gasteiger partial charge in [-0.25, -0.2) is 18.5 Å². The Morgan fingerprint density at radius 3 is 2.92 bits per heavy atom. The van der Waals surface area contributed by atoms with E-state index in [0.29, 0.717) is 4.96 Å². The number of aromatic nitrogens is 2. The van der Waals surface area contributed by atoms with Crippen molar-refractivity contribution in [3.05, 3.63) is 17.3 Å². The highest BCUT2D eigenvalue weighted by molar-refractivity contribution is 7.89. The van der Waals surface area contributed by atoms with Gasteiger partial charge in [0.2, 0.25) is 0 Å². The second-order valence-corrected chi connectivity index (χ2v) is 5.36. The van der Waals surface area contributed by atoms with E-state index in [1.54, 1.807) is 6.20 Å². The van der Waals surface area contributed by atoms with Crippen molar-refractivity contribution in [2.75, 3.05) is 0 Å². The molecule has 0 fully saturated rings. The van der Waals surface area contributed by atoms with E-state index >= 15 is 0 Å².